The summed E-state index contributed by atoms with van der Waals surface area (Å²) in [5.74, 6) is -0.261. The highest BCUT2D eigenvalue weighted by molar-refractivity contribution is 5.92. The van der Waals surface area contributed by atoms with Crippen LogP contribution in [0.2, 0.25) is 0 Å². The molecule has 7 heteroatoms. The Balaban J connectivity index is 2.04. The Bertz CT molecular complexity index is 589. The Morgan fingerprint density at radius 1 is 1.08 bits per heavy atom. The summed E-state index contributed by atoms with van der Waals surface area (Å²) < 4.78 is 5.39. The average Bonchev–Trinajstić information content (AvgIpc) is 2.61. The van der Waals surface area contributed by atoms with E-state index in [1.54, 1.807) is 17.0 Å². The van der Waals surface area contributed by atoms with Gasteiger partial charge in [0, 0.05) is 25.8 Å². The molecule has 0 radical (unpaired) electrons. The number of aliphatic hydroxyl groups excluding tert-OH is 2. The van der Waals surface area contributed by atoms with Crippen molar-refractivity contribution in [1.82, 2.24) is 9.88 Å². The van der Waals surface area contributed by atoms with Crippen molar-refractivity contribution < 1.29 is 19.7 Å². The number of aromatic nitrogens is 1. The molecule has 0 unspecified atom stereocenters. The van der Waals surface area contributed by atoms with E-state index < -0.39 is 12.2 Å². The molecule has 1 aromatic heterocycles. The second kappa shape index (κ2) is 10.3. The molecule has 1 saturated heterocycles. The minimum absolute atomic E-state index is 0.0983. The molecule has 140 valence electrons. The number of ether oxygens (including phenoxy) is 1. The second-order valence-corrected chi connectivity index (χ2v) is 6.49. The largest absolute Gasteiger partial charge is 0.390 e. The van der Waals surface area contributed by atoms with Gasteiger partial charge in [0.15, 0.2) is 0 Å². The molecule has 1 amide bonds. The van der Waals surface area contributed by atoms with Crippen molar-refractivity contribution in [3.63, 3.8) is 0 Å². The van der Waals surface area contributed by atoms with Crippen LogP contribution in [-0.4, -0.2) is 64.5 Å². The molecule has 2 heterocycles. The van der Waals surface area contributed by atoms with Crippen molar-refractivity contribution in [2.24, 2.45) is 0 Å². The Kier molecular flexibility index (Phi) is 8.11. The summed E-state index contributed by atoms with van der Waals surface area (Å²) in [6.07, 6.45) is 3.26. The second-order valence-electron chi connectivity index (χ2n) is 6.49. The van der Waals surface area contributed by atoms with Gasteiger partial charge < -0.3 is 24.8 Å². The molecule has 7 nitrogen and oxygen atoms in total. The van der Waals surface area contributed by atoms with Crippen LogP contribution in [0.3, 0.4) is 0 Å². The van der Waals surface area contributed by atoms with Crippen LogP contribution in [0, 0.1) is 0 Å². The number of pyridine rings is 1. The van der Waals surface area contributed by atoms with Crippen LogP contribution in [0.5, 0.6) is 0 Å². The van der Waals surface area contributed by atoms with Crippen molar-refractivity contribution in [2.45, 2.75) is 50.7 Å². The number of rotatable bonds is 1. The lowest BCUT2D eigenvalue weighted by Crippen LogP contribution is -2.39. The molecule has 0 saturated carbocycles. The van der Waals surface area contributed by atoms with Crippen molar-refractivity contribution >= 4 is 5.91 Å². The molecule has 2 rings (SSSR count). The van der Waals surface area contributed by atoms with E-state index in [1.807, 2.05) is 0 Å². The maximum absolute atomic E-state index is 12.7. The maximum Gasteiger partial charge on any atom is 0.270 e. The summed E-state index contributed by atoms with van der Waals surface area (Å²) in [6.45, 7) is 1.57. The van der Waals surface area contributed by atoms with Crippen LogP contribution in [-0.2, 0) is 4.74 Å². The molecule has 0 aromatic carbocycles. The minimum atomic E-state index is -0.962. The number of amides is 1. The predicted octanol–water partition coefficient (Wildman–Crippen LogP) is 0.910. The number of aromatic amines is 1. The fraction of sp³-hybridized carbons (Fsp3) is 0.667. The van der Waals surface area contributed by atoms with Gasteiger partial charge >= 0.3 is 0 Å². The van der Waals surface area contributed by atoms with E-state index in [9.17, 15) is 19.8 Å². The lowest BCUT2D eigenvalue weighted by atomic mass is 10.1. The van der Waals surface area contributed by atoms with Gasteiger partial charge in [-0.05, 0) is 25.3 Å². The van der Waals surface area contributed by atoms with Gasteiger partial charge in [-0.2, -0.15) is 0 Å². The topological polar surface area (TPSA) is 103 Å². The smallest absolute Gasteiger partial charge is 0.270 e. The standard InChI is InChI=1S/C18H28N2O5/c21-15-9-11-20(18(24)14-7-6-8-17(23)19-14)10-4-2-1-3-5-12-25-13-16(15)22/h6-8,15-16,21-22H,1-5,9-13H2,(H,19,23)/t15-,16+/m0/s1. The number of nitrogens with zero attached hydrogens (tertiary/aromatic N) is 1. The zero-order valence-electron chi connectivity index (χ0n) is 14.5. The summed E-state index contributed by atoms with van der Waals surface area (Å²) in [4.78, 5) is 28.3. The summed E-state index contributed by atoms with van der Waals surface area (Å²) in [6, 6.07) is 4.49. The molecule has 1 aliphatic rings. The zero-order valence-corrected chi connectivity index (χ0v) is 14.5. The first-order chi connectivity index (χ1) is 12.1. The summed E-state index contributed by atoms with van der Waals surface area (Å²) in [7, 11) is 0. The van der Waals surface area contributed by atoms with Crippen LogP contribution in [0.15, 0.2) is 23.0 Å². The predicted molar refractivity (Wildman–Crippen MR) is 93.5 cm³/mol. The SMILES string of the molecule is O=C(c1cccc(=O)[nH]1)N1CCCCCCCOC[C@@H](O)[C@@H](O)CC1. The molecule has 1 aromatic rings. The lowest BCUT2D eigenvalue weighted by Gasteiger charge is -2.26. The van der Waals surface area contributed by atoms with Gasteiger partial charge in [0.25, 0.3) is 5.91 Å². The highest BCUT2D eigenvalue weighted by atomic mass is 16.5. The molecule has 1 fully saturated rings. The van der Waals surface area contributed by atoms with Gasteiger partial charge in [-0.25, -0.2) is 0 Å². The Morgan fingerprint density at radius 2 is 1.84 bits per heavy atom. The molecule has 0 spiro atoms. The van der Waals surface area contributed by atoms with Crippen LogP contribution < -0.4 is 5.56 Å². The molecule has 0 aliphatic carbocycles. The normalized spacial score (nSPS) is 24.5. The van der Waals surface area contributed by atoms with Gasteiger partial charge in [0.1, 0.15) is 11.8 Å². The van der Waals surface area contributed by atoms with E-state index >= 15 is 0 Å². The highest BCUT2D eigenvalue weighted by Gasteiger charge is 2.21. The average molecular weight is 352 g/mol. The first-order valence-corrected chi connectivity index (χ1v) is 9.00. The third kappa shape index (κ3) is 6.61. The Hall–Kier alpha value is -1.70. The molecule has 25 heavy (non-hydrogen) atoms. The molecular formula is C18H28N2O5. The number of H-pyrrole nitrogens is 1. The number of hydrogen-bond acceptors (Lipinski definition) is 5. The van der Waals surface area contributed by atoms with Crippen LogP contribution >= 0.6 is 0 Å². The van der Waals surface area contributed by atoms with Crippen molar-refractivity contribution in [3.8, 4) is 0 Å². The first-order valence-electron chi connectivity index (χ1n) is 9.00. The quantitative estimate of drug-likeness (QED) is 0.697. The fourth-order valence-electron chi connectivity index (χ4n) is 2.89. The summed E-state index contributed by atoms with van der Waals surface area (Å²) in [5, 5.41) is 20.0. The van der Waals surface area contributed by atoms with E-state index in [4.69, 9.17) is 4.74 Å². The van der Waals surface area contributed by atoms with Crippen molar-refractivity contribution in [1.29, 1.82) is 0 Å². The lowest BCUT2D eigenvalue weighted by molar-refractivity contribution is -0.0434. The summed E-state index contributed by atoms with van der Waals surface area (Å²) in [5.41, 5.74) is -0.0764. The van der Waals surface area contributed by atoms with Crippen molar-refractivity contribution in [3.05, 3.63) is 34.2 Å². The Labute approximate surface area is 147 Å². The number of hydrogen-bond donors (Lipinski definition) is 3. The fourth-order valence-corrected chi connectivity index (χ4v) is 2.89. The summed E-state index contributed by atoms with van der Waals surface area (Å²) >= 11 is 0. The number of aliphatic hydroxyl groups is 2. The zero-order chi connectivity index (χ0) is 18.1. The van der Waals surface area contributed by atoms with Gasteiger partial charge in [-0.3, -0.25) is 9.59 Å². The highest BCUT2D eigenvalue weighted by Crippen LogP contribution is 2.11. The monoisotopic (exact) mass is 352 g/mol. The van der Waals surface area contributed by atoms with Crippen molar-refractivity contribution in [2.75, 3.05) is 26.3 Å². The van der Waals surface area contributed by atoms with Gasteiger partial charge in [-0.1, -0.05) is 25.3 Å². The first kappa shape index (κ1) is 19.6. The number of carbonyl (C=O) groups excluding carboxylic acids is 1. The maximum atomic E-state index is 12.7. The molecule has 3 N–H and O–H groups in total. The van der Waals surface area contributed by atoms with Gasteiger partial charge in [0.2, 0.25) is 5.56 Å². The van der Waals surface area contributed by atoms with Gasteiger partial charge in [0.05, 0.1) is 12.7 Å². The number of carbonyl (C=O) groups is 1. The molecule has 2 atom stereocenters. The molecule has 0 bridgehead atoms. The van der Waals surface area contributed by atoms with Crippen LogP contribution in [0.1, 0.15) is 49.0 Å². The minimum Gasteiger partial charge on any atom is -0.390 e. The van der Waals surface area contributed by atoms with E-state index in [2.05, 4.69) is 4.98 Å². The Morgan fingerprint density at radius 3 is 2.64 bits per heavy atom. The van der Waals surface area contributed by atoms with E-state index in [0.29, 0.717) is 19.7 Å². The third-order valence-corrected chi connectivity index (χ3v) is 4.43. The van der Waals surface area contributed by atoms with E-state index in [0.717, 1.165) is 32.1 Å². The molecular weight excluding hydrogens is 324 g/mol. The van der Waals surface area contributed by atoms with Crippen LogP contribution in [0.4, 0.5) is 0 Å². The van der Waals surface area contributed by atoms with E-state index in [-0.39, 0.29) is 30.2 Å². The number of nitrogens with one attached hydrogen (secondary N) is 1. The third-order valence-electron chi connectivity index (χ3n) is 4.43. The van der Waals surface area contributed by atoms with Gasteiger partial charge in [-0.15, -0.1) is 0 Å². The molecule has 1 aliphatic heterocycles. The van der Waals surface area contributed by atoms with Crippen LogP contribution in [0.25, 0.3) is 0 Å². The van der Waals surface area contributed by atoms with E-state index in [1.165, 1.54) is 6.07 Å².